The molecule has 2 N–H and O–H groups in total. The van der Waals surface area contributed by atoms with Crippen molar-refractivity contribution in [2.24, 2.45) is 0 Å². The van der Waals surface area contributed by atoms with Crippen LogP contribution in [0.15, 0.2) is 59.2 Å². The second-order valence-electron chi connectivity index (χ2n) is 5.27. The number of aliphatic hydroxyl groups is 1. The van der Waals surface area contributed by atoms with Crippen molar-refractivity contribution in [2.75, 3.05) is 13.2 Å². The monoisotopic (exact) mass is 329 g/mol. The van der Waals surface area contributed by atoms with Gasteiger partial charge in [-0.15, -0.1) is 0 Å². The van der Waals surface area contributed by atoms with Crippen LogP contribution < -0.4 is 10.1 Å². The molecule has 6 heteroatoms. The number of ether oxygens (including phenoxy) is 1. The Bertz CT molecular complexity index is 828. The summed E-state index contributed by atoms with van der Waals surface area (Å²) in [6, 6.07) is 12.7. The summed E-state index contributed by atoms with van der Waals surface area (Å²) in [5.74, 6) is -0.245. The molecular weight excluding hydrogens is 313 g/mol. The number of rotatable bonds is 6. The number of hydrogen-bond acceptors (Lipinski definition) is 4. The molecule has 1 atom stereocenters. The molecule has 0 bridgehead atoms. The smallest absolute Gasteiger partial charge is 0.255 e. The van der Waals surface area contributed by atoms with E-state index < -0.39 is 6.10 Å². The van der Waals surface area contributed by atoms with Gasteiger partial charge in [0, 0.05) is 11.9 Å². The first-order valence-electron chi connectivity index (χ1n) is 7.44. The molecule has 24 heavy (non-hydrogen) atoms. The van der Waals surface area contributed by atoms with Gasteiger partial charge in [0.1, 0.15) is 36.1 Å². The van der Waals surface area contributed by atoms with E-state index in [1.807, 2.05) is 12.1 Å². The van der Waals surface area contributed by atoms with Gasteiger partial charge in [0.25, 0.3) is 5.91 Å². The summed E-state index contributed by atoms with van der Waals surface area (Å²) >= 11 is 0. The lowest BCUT2D eigenvalue weighted by Crippen LogP contribution is -2.35. The molecule has 0 saturated carbocycles. The third-order valence-corrected chi connectivity index (χ3v) is 3.48. The highest BCUT2D eigenvalue weighted by atomic mass is 19.1. The quantitative estimate of drug-likeness (QED) is 0.729. The molecular formula is C18H16FNO4. The van der Waals surface area contributed by atoms with E-state index in [2.05, 4.69) is 5.32 Å². The first-order valence-corrected chi connectivity index (χ1v) is 7.44. The second kappa shape index (κ2) is 7.14. The predicted molar refractivity (Wildman–Crippen MR) is 86.4 cm³/mol. The van der Waals surface area contributed by atoms with Crippen LogP contribution in [0.2, 0.25) is 0 Å². The zero-order valence-corrected chi connectivity index (χ0v) is 12.7. The van der Waals surface area contributed by atoms with Crippen molar-refractivity contribution in [3.05, 3.63) is 66.2 Å². The van der Waals surface area contributed by atoms with Crippen molar-refractivity contribution >= 4 is 16.9 Å². The highest BCUT2D eigenvalue weighted by Gasteiger charge is 2.14. The molecule has 1 aromatic heterocycles. The molecule has 5 nitrogen and oxygen atoms in total. The van der Waals surface area contributed by atoms with E-state index in [0.717, 1.165) is 0 Å². The van der Waals surface area contributed by atoms with Crippen molar-refractivity contribution in [3.8, 4) is 5.75 Å². The van der Waals surface area contributed by atoms with Crippen molar-refractivity contribution in [2.45, 2.75) is 6.10 Å². The van der Waals surface area contributed by atoms with Crippen LogP contribution in [0, 0.1) is 5.82 Å². The van der Waals surface area contributed by atoms with Crippen LogP contribution in [0.25, 0.3) is 11.0 Å². The van der Waals surface area contributed by atoms with Gasteiger partial charge in [-0.1, -0.05) is 18.2 Å². The van der Waals surface area contributed by atoms with Gasteiger partial charge in [-0.05, 0) is 30.3 Å². The van der Waals surface area contributed by atoms with Gasteiger partial charge in [-0.25, -0.2) is 4.39 Å². The summed E-state index contributed by atoms with van der Waals surface area (Å²) < 4.78 is 23.4. The highest BCUT2D eigenvalue weighted by Crippen LogP contribution is 2.20. The number of nitrogens with one attached hydrogen (secondary N) is 1. The molecule has 1 amide bonds. The average Bonchev–Trinajstić information content (AvgIpc) is 3.03. The fourth-order valence-electron chi connectivity index (χ4n) is 2.24. The largest absolute Gasteiger partial charge is 0.491 e. The minimum absolute atomic E-state index is 0.0158. The molecule has 0 aliphatic carbocycles. The van der Waals surface area contributed by atoms with Gasteiger partial charge in [-0.2, -0.15) is 0 Å². The van der Waals surface area contributed by atoms with Gasteiger partial charge in [-0.3, -0.25) is 4.79 Å². The molecule has 2 aromatic carbocycles. The van der Waals surface area contributed by atoms with E-state index in [1.54, 1.807) is 12.1 Å². The minimum atomic E-state index is -0.892. The SMILES string of the molecule is O=C(NCC(O)COc1ccc(F)cc1)c1coc2ccccc12. The Kier molecular flexibility index (Phi) is 4.77. The Balaban J connectivity index is 1.51. The van der Waals surface area contributed by atoms with Crippen molar-refractivity contribution in [1.29, 1.82) is 0 Å². The third-order valence-electron chi connectivity index (χ3n) is 3.48. The van der Waals surface area contributed by atoms with Crippen LogP contribution in [-0.4, -0.2) is 30.3 Å². The van der Waals surface area contributed by atoms with E-state index in [9.17, 15) is 14.3 Å². The number of halogens is 1. The number of carbonyl (C=O) groups is 1. The molecule has 0 saturated heterocycles. The first-order chi connectivity index (χ1) is 11.6. The molecule has 0 aliphatic heterocycles. The molecule has 3 aromatic rings. The number of carbonyl (C=O) groups excluding carboxylic acids is 1. The Hall–Kier alpha value is -2.86. The van der Waals surface area contributed by atoms with Crippen LogP contribution in [0.3, 0.4) is 0 Å². The molecule has 1 heterocycles. The summed E-state index contributed by atoms with van der Waals surface area (Å²) in [6.07, 6.45) is 0.499. The van der Waals surface area contributed by atoms with Crippen LogP contribution in [0.4, 0.5) is 4.39 Å². The number of fused-ring (bicyclic) bond motifs is 1. The molecule has 0 spiro atoms. The van der Waals surface area contributed by atoms with Gasteiger partial charge in [0.15, 0.2) is 0 Å². The standard InChI is InChI=1S/C18H16FNO4/c19-12-5-7-14(8-6-12)23-10-13(21)9-20-18(22)16-11-24-17-4-2-1-3-15(16)17/h1-8,11,13,21H,9-10H2,(H,20,22). The summed E-state index contributed by atoms with van der Waals surface area (Å²) in [5.41, 5.74) is 1.04. The number of furan rings is 1. The average molecular weight is 329 g/mol. The molecule has 0 aliphatic rings. The number of para-hydroxylation sites is 1. The third kappa shape index (κ3) is 3.72. The fraction of sp³-hybridized carbons (Fsp3) is 0.167. The molecule has 0 fully saturated rings. The number of aliphatic hydroxyl groups excluding tert-OH is 1. The summed E-state index contributed by atoms with van der Waals surface area (Å²) in [4.78, 5) is 12.2. The lowest BCUT2D eigenvalue weighted by atomic mass is 10.1. The van der Waals surface area contributed by atoms with Gasteiger partial charge in [0.05, 0.1) is 5.56 Å². The predicted octanol–water partition coefficient (Wildman–Crippen LogP) is 2.74. The van der Waals surface area contributed by atoms with E-state index in [0.29, 0.717) is 22.3 Å². The van der Waals surface area contributed by atoms with Gasteiger partial charge in [0.2, 0.25) is 0 Å². The Morgan fingerprint density at radius 3 is 2.75 bits per heavy atom. The lowest BCUT2D eigenvalue weighted by Gasteiger charge is -2.13. The number of amides is 1. The van der Waals surface area contributed by atoms with Crippen LogP contribution in [0.1, 0.15) is 10.4 Å². The maximum atomic E-state index is 12.8. The summed E-state index contributed by atoms with van der Waals surface area (Å²) in [7, 11) is 0. The van der Waals surface area contributed by atoms with E-state index >= 15 is 0 Å². The topological polar surface area (TPSA) is 71.7 Å². The summed E-state index contributed by atoms with van der Waals surface area (Å²) in [6.45, 7) is 0.0115. The van der Waals surface area contributed by atoms with Crippen LogP contribution in [-0.2, 0) is 0 Å². The number of hydrogen-bond donors (Lipinski definition) is 2. The van der Waals surface area contributed by atoms with Crippen molar-refractivity contribution in [3.63, 3.8) is 0 Å². The van der Waals surface area contributed by atoms with E-state index in [4.69, 9.17) is 9.15 Å². The normalized spacial score (nSPS) is 12.1. The van der Waals surface area contributed by atoms with Gasteiger partial charge >= 0.3 is 0 Å². The summed E-state index contributed by atoms with van der Waals surface area (Å²) in [5, 5.41) is 13.2. The molecule has 124 valence electrons. The molecule has 3 rings (SSSR count). The Labute approximate surface area is 137 Å². The molecule has 1 unspecified atom stereocenters. The maximum Gasteiger partial charge on any atom is 0.255 e. The van der Waals surface area contributed by atoms with E-state index in [-0.39, 0.29) is 24.9 Å². The fourth-order valence-corrected chi connectivity index (χ4v) is 2.24. The minimum Gasteiger partial charge on any atom is -0.491 e. The zero-order chi connectivity index (χ0) is 16.9. The second-order valence-corrected chi connectivity index (χ2v) is 5.27. The first kappa shape index (κ1) is 16.0. The van der Waals surface area contributed by atoms with Gasteiger partial charge < -0.3 is 19.6 Å². The Morgan fingerprint density at radius 1 is 1.21 bits per heavy atom. The number of benzene rings is 2. The van der Waals surface area contributed by atoms with Crippen molar-refractivity contribution < 1.29 is 23.4 Å². The van der Waals surface area contributed by atoms with Crippen molar-refractivity contribution in [1.82, 2.24) is 5.32 Å². The highest BCUT2D eigenvalue weighted by molar-refractivity contribution is 6.05. The maximum absolute atomic E-state index is 12.8. The van der Waals surface area contributed by atoms with E-state index in [1.165, 1.54) is 30.5 Å². The van der Waals surface area contributed by atoms with Crippen LogP contribution in [0.5, 0.6) is 5.75 Å². The Morgan fingerprint density at radius 2 is 1.96 bits per heavy atom. The van der Waals surface area contributed by atoms with Crippen LogP contribution >= 0.6 is 0 Å². The zero-order valence-electron chi connectivity index (χ0n) is 12.7. The lowest BCUT2D eigenvalue weighted by molar-refractivity contribution is 0.0844. The molecule has 0 radical (unpaired) electrons.